The maximum atomic E-state index is 11.7. The quantitative estimate of drug-likeness (QED) is 0.772. The molecule has 1 aliphatic heterocycles. The summed E-state index contributed by atoms with van der Waals surface area (Å²) in [5, 5.41) is 0.413. The molecule has 0 bridgehead atoms. The standard InChI is InChI=1S/C10H10ClNO3S/c1-7-2-3-8(11)6-9(7)12-10(13)4-5-16(12,14)15/h2-3,6H,4-5H2,1H3. The molecule has 0 saturated carbocycles. The molecule has 1 amide bonds. The first kappa shape index (κ1) is 11.4. The zero-order chi connectivity index (χ0) is 11.9. The van der Waals surface area contributed by atoms with Gasteiger partial charge in [-0.3, -0.25) is 4.79 Å². The fourth-order valence-electron chi connectivity index (χ4n) is 1.65. The summed E-state index contributed by atoms with van der Waals surface area (Å²) < 4.78 is 24.3. The summed E-state index contributed by atoms with van der Waals surface area (Å²) in [5.74, 6) is -0.525. The van der Waals surface area contributed by atoms with Gasteiger partial charge in [0.25, 0.3) is 0 Å². The van der Waals surface area contributed by atoms with Crippen molar-refractivity contribution in [3.63, 3.8) is 0 Å². The maximum absolute atomic E-state index is 11.7. The second kappa shape index (κ2) is 3.75. The molecule has 6 heteroatoms. The average molecular weight is 260 g/mol. The van der Waals surface area contributed by atoms with Gasteiger partial charge < -0.3 is 0 Å². The Kier molecular flexibility index (Phi) is 2.67. The highest BCUT2D eigenvalue weighted by Gasteiger charge is 2.36. The molecule has 0 N–H and O–H groups in total. The minimum Gasteiger partial charge on any atom is -0.273 e. The first-order valence-corrected chi connectivity index (χ1v) is 6.72. The van der Waals surface area contributed by atoms with Crippen LogP contribution < -0.4 is 4.31 Å². The van der Waals surface area contributed by atoms with E-state index in [1.807, 2.05) is 0 Å². The van der Waals surface area contributed by atoms with Gasteiger partial charge in [-0.25, -0.2) is 12.7 Å². The molecule has 1 aromatic rings. The number of hydrogen-bond acceptors (Lipinski definition) is 3. The van der Waals surface area contributed by atoms with Crippen molar-refractivity contribution in [3.05, 3.63) is 28.8 Å². The highest BCUT2D eigenvalue weighted by atomic mass is 35.5. The topological polar surface area (TPSA) is 54.5 Å². The van der Waals surface area contributed by atoms with E-state index in [4.69, 9.17) is 11.6 Å². The van der Waals surface area contributed by atoms with Crippen LogP contribution in [0, 0.1) is 6.92 Å². The molecule has 1 saturated heterocycles. The highest BCUT2D eigenvalue weighted by Crippen LogP contribution is 2.30. The van der Waals surface area contributed by atoms with Crippen LogP contribution >= 0.6 is 11.6 Å². The Labute approximate surface area is 98.9 Å². The third kappa shape index (κ3) is 1.81. The van der Waals surface area contributed by atoms with Gasteiger partial charge in [0.15, 0.2) is 0 Å². The molecule has 1 heterocycles. The van der Waals surface area contributed by atoms with Crippen LogP contribution in [0.5, 0.6) is 0 Å². The van der Waals surface area contributed by atoms with E-state index in [9.17, 15) is 13.2 Å². The van der Waals surface area contributed by atoms with E-state index in [-0.39, 0.29) is 12.2 Å². The number of hydrogen-bond donors (Lipinski definition) is 0. The number of benzene rings is 1. The van der Waals surface area contributed by atoms with Crippen molar-refractivity contribution >= 4 is 33.2 Å². The van der Waals surface area contributed by atoms with Crippen LogP contribution in [0.25, 0.3) is 0 Å². The fourth-order valence-corrected chi connectivity index (χ4v) is 3.33. The number of carbonyl (C=O) groups is 1. The monoisotopic (exact) mass is 259 g/mol. The van der Waals surface area contributed by atoms with Gasteiger partial charge in [0, 0.05) is 11.4 Å². The SMILES string of the molecule is Cc1ccc(Cl)cc1N1C(=O)CCS1(=O)=O. The largest absolute Gasteiger partial charge is 0.273 e. The summed E-state index contributed by atoms with van der Waals surface area (Å²) >= 11 is 5.80. The number of anilines is 1. The molecule has 1 aromatic carbocycles. The van der Waals surface area contributed by atoms with Crippen molar-refractivity contribution in [1.29, 1.82) is 0 Å². The predicted octanol–water partition coefficient (Wildman–Crippen LogP) is 1.71. The summed E-state index contributed by atoms with van der Waals surface area (Å²) in [7, 11) is -3.50. The number of nitrogens with zero attached hydrogens (tertiary/aromatic N) is 1. The zero-order valence-electron chi connectivity index (χ0n) is 8.60. The Morgan fingerprint density at radius 1 is 1.38 bits per heavy atom. The first-order valence-electron chi connectivity index (χ1n) is 4.74. The van der Waals surface area contributed by atoms with Gasteiger partial charge in [0.1, 0.15) is 0 Å². The second-order valence-corrected chi connectivity index (χ2v) is 6.03. The molecule has 1 fully saturated rings. The predicted molar refractivity (Wildman–Crippen MR) is 62.1 cm³/mol. The molecule has 16 heavy (non-hydrogen) atoms. The summed E-state index contributed by atoms with van der Waals surface area (Å²) in [6.45, 7) is 1.74. The summed E-state index contributed by atoms with van der Waals surface area (Å²) in [6.07, 6.45) is 0.0360. The van der Waals surface area contributed by atoms with Gasteiger partial charge in [-0.2, -0.15) is 0 Å². The first-order chi connectivity index (χ1) is 7.42. The van der Waals surface area contributed by atoms with Crippen LogP contribution in [0.1, 0.15) is 12.0 Å². The van der Waals surface area contributed by atoms with E-state index < -0.39 is 15.9 Å². The molecule has 0 aromatic heterocycles. The van der Waals surface area contributed by atoms with Gasteiger partial charge in [-0.15, -0.1) is 0 Å². The molecule has 0 atom stereocenters. The van der Waals surface area contributed by atoms with Crippen LogP contribution in [-0.2, 0) is 14.8 Å². The molecule has 4 nitrogen and oxygen atoms in total. The lowest BCUT2D eigenvalue weighted by atomic mass is 10.2. The van der Waals surface area contributed by atoms with Crippen LogP contribution in [0.4, 0.5) is 5.69 Å². The summed E-state index contributed by atoms with van der Waals surface area (Å²) in [6, 6.07) is 4.85. The van der Waals surface area contributed by atoms with Crippen LogP contribution in [0.2, 0.25) is 5.02 Å². The molecule has 0 unspecified atom stereocenters. The van der Waals surface area contributed by atoms with Crippen LogP contribution in [-0.4, -0.2) is 20.1 Å². The molecular weight excluding hydrogens is 250 g/mol. The van der Waals surface area contributed by atoms with Crippen molar-refractivity contribution in [2.45, 2.75) is 13.3 Å². The lowest BCUT2D eigenvalue weighted by Crippen LogP contribution is -2.29. The van der Waals surface area contributed by atoms with Gasteiger partial charge in [0.05, 0.1) is 11.4 Å². The lowest BCUT2D eigenvalue weighted by Gasteiger charge is -2.17. The van der Waals surface area contributed by atoms with Crippen molar-refractivity contribution < 1.29 is 13.2 Å². The van der Waals surface area contributed by atoms with Crippen molar-refractivity contribution in [1.82, 2.24) is 0 Å². The van der Waals surface area contributed by atoms with Crippen LogP contribution in [0.15, 0.2) is 18.2 Å². The van der Waals surface area contributed by atoms with E-state index in [1.165, 1.54) is 6.07 Å². The number of amides is 1. The number of carbonyl (C=O) groups excluding carboxylic acids is 1. The smallest absolute Gasteiger partial charge is 0.242 e. The molecule has 86 valence electrons. The van der Waals surface area contributed by atoms with Gasteiger partial charge in [-0.05, 0) is 24.6 Å². The maximum Gasteiger partial charge on any atom is 0.242 e. The molecule has 0 spiro atoms. The number of aryl methyl sites for hydroxylation is 1. The number of sulfonamides is 1. The fraction of sp³-hybridized carbons (Fsp3) is 0.300. The minimum atomic E-state index is -3.50. The average Bonchev–Trinajstić information content (AvgIpc) is 2.46. The third-order valence-electron chi connectivity index (χ3n) is 2.47. The van der Waals surface area contributed by atoms with E-state index in [0.717, 1.165) is 4.31 Å². The van der Waals surface area contributed by atoms with Crippen LogP contribution in [0.3, 0.4) is 0 Å². The van der Waals surface area contributed by atoms with E-state index in [0.29, 0.717) is 16.3 Å². The highest BCUT2D eigenvalue weighted by molar-refractivity contribution is 7.94. The Balaban J connectivity index is 2.59. The molecule has 2 rings (SSSR count). The van der Waals surface area contributed by atoms with Crippen molar-refractivity contribution in [2.24, 2.45) is 0 Å². The minimum absolute atomic E-state index is 0.0360. The lowest BCUT2D eigenvalue weighted by molar-refractivity contribution is -0.116. The molecule has 1 aliphatic rings. The number of halogens is 1. The van der Waals surface area contributed by atoms with Gasteiger partial charge >= 0.3 is 0 Å². The summed E-state index contributed by atoms with van der Waals surface area (Å²) in [4.78, 5) is 11.6. The second-order valence-electron chi connectivity index (χ2n) is 3.65. The van der Waals surface area contributed by atoms with E-state index >= 15 is 0 Å². The zero-order valence-corrected chi connectivity index (χ0v) is 10.2. The normalized spacial score (nSPS) is 19.1. The Bertz CT molecular complexity index is 553. The molecule has 0 aliphatic carbocycles. The van der Waals surface area contributed by atoms with Crippen molar-refractivity contribution in [3.8, 4) is 0 Å². The van der Waals surface area contributed by atoms with Gasteiger partial charge in [0.2, 0.25) is 15.9 Å². The van der Waals surface area contributed by atoms with E-state index in [1.54, 1.807) is 19.1 Å². The third-order valence-corrected chi connectivity index (χ3v) is 4.38. The molecule has 0 radical (unpaired) electrons. The Hall–Kier alpha value is -1.07. The Morgan fingerprint density at radius 2 is 2.06 bits per heavy atom. The molecular formula is C10H10ClNO3S. The van der Waals surface area contributed by atoms with Gasteiger partial charge in [-0.1, -0.05) is 17.7 Å². The van der Waals surface area contributed by atoms with Crippen molar-refractivity contribution in [2.75, 3.05) is 10.1 Å². The van der Waals surface area contributed by atoms with E-state index in [2.05, 4.69) is 0 Å². The Morgan fingerprint density at radius 3 is 2.62 bits per heavy atom. The summed E-state index contributed by atoms with van der Waals surface area (Å²) in [5.41, 5.74) is 1.07. The number of rotatable bonds is 1.